The third-order valence-corrected chi connectivity index (χ3v) is 5.60. The van der Waals surface area contributed by atoms with Crippen LogP contribution in [0.15, 0.2) is 35.7 Å². The van der Waals surface area contributed by atoms with Crippen LogP contribution < -0.4 is 10.6 Å². The fourth-order valence-electron chi connectivity index (χ4n) is 3.08. The highest BCUT2D eigenvalue weighted by Gasteiger charge is 2.24. The summed E-state index contributed by atoms with van der Waals surface area (Å²) in [6.45, 7) is 2.11. The number of carbonyl (C=O) groups is 2. The van der Waals surface area contributed by atoms with Crippen LogP contribution >= 0.6 is 11.3 Å². The maximum atomic E-state index is 12.3. The lowest BCUT2D eigenvalue weighted by Gasteiger charge is -2.26. The molecular weight excluding hydrogens is 334 g/mol. The molecule has 2 aliphatic rings. The van der Waals surface area contributed by atoms with Crippen molar-refractivity contribution in [1.82, 2.24) is 10.2 Å². The van der Waals surface area contributed by atoms with Crippen molar-refractivity contribution in [3.63, 3.8) is 0 Å². The molecule has 5 nitrogen and oxygen atoms in total. The Morgan fingerprint density at radius 1 is 1.24 bits per heavy atom. The zero-order valence-corrected chi connectivity index (χ0v) is 14.8. The molecule has 1 aliphatic heterocycles. The molecule has 25 heavy (non-hydrogen) atoms. The summed E-state index contributed by atoms with van der Waals surface area (Å²) in [6.07, 6.45) is 3.13. The Labute approximate surface area is 151 Å². The molecule has 0 bridgehead atoms. The van der Waals surface area contributed by atoms with E-state index in [1.54, 1.807) is 29.5 Å². The second-order valence-corrected chi connectivity index (χ2v) is 7.71. The molecule has 130 valence electrons. The molecule has 1 fully saturated rings. The molecule has 1 aliphatic carbocycles. The summed E-state index contributed by atoms with van der Waals surface area (Å²) in [4.78, 5) is 28.1. The quantitative estimate of drug-likeness (QED) is 0.867. The molecule has 2 amide bonds. The lowest BCUT2D eigenvalue weighted by molar-refractivity contribution is -0.117. The first-order valence-corrected chi connectivity index (χ1v) is 9.54. The minimum absolute atomic E-state index is 0.0431. The number of nitrogens with one attached hydrogen (secondary N) is 2. The van der Waals surface area contributed by atoms with E-state index in [0.717, 1.165) is 32.4 Å². The normalized spacial score (nSPS) is 17.0. The van der Waals surface area contributed by atoms with Crippen LogP contribution in [0.4, 0.5) is 5.69 Å². The third-order valence-electron chi connectivity index (χ3n) is 4.58. The van der Waals surface area contributed by atoms with Crippen LogP contribution in [0.2, 0.25) is 0 Å². The van der Waals surface area contributed by atoms with Crippen molar-refractivity contribution in [2.24, 2.45) is 0 Å². The summed E-state index contributed by atoms with van der Waals surface area (Å²) < 4.78 is 0. The lowest BCUT2D eigenvalue weighted by Crippen LogP contribution is -2.36. The number of hydrogen-bond acceptors (Lipinski definition) is 4. The molecule has 1 saturated carbocycles. The van der Waals surface area contributed by atoms with Crippen LogP contribution in [0.25, 0.3) is 0 Å². The third kappa shape index (κ3) is 4.08. The fraction of sp³-hybridized carbons (Fsp3) is 0.368. The molecule has 0 unspecified atom stereocenters. The summed E-state index contributed by atoms with van der Waals surface area (Å²) in [5.41, 5.74) is 2.59. The van der Waals surface area contributed by atoms with Gasteiger partial charge in [-0.25, -0.2) is 0 Å². The molecule has 2 heterocycles. The minimum atomic E-state index is -0.0698. The van der Waals surface area contributed by atoms with Crippen molar-refractivity contribution in [3.8, 4) is 0 Å². The van der Waals surface area contributed by atoms with Gasteiger partial charge < -0.3 is 10.6 Å². The van der Waals surface area contributed by atoms with E-state index in [1.807, 2.05) is 6.07 Å². The number of hydrogen-bond donors (Lipinski definition) is 2. The molecule has 0 saturated heterocycles. The fourth-order valence-corrected chi connectivity index (χ4v) is 3.97. The second kappa shape index (κ2) is 6.98. The van der Waals surface area contributed by atoms with Gasteiger partial charge in [-0.1, -0.05) is 6.07 Å². The first-order chi connectivity index (χ1) is 12.2. The van der Waals surface area contributed by atoms with E-state index in [9.17, 15) is 9.59 Å². The van der Waals surface area contributed by atoms with E-state index in [2.05, 4.69) is 27.0 Å². The van der Waals surface area contributed by atoms with Gasteiger partial charge in [0.1, 0.15) is 0 Å². The average molecular weight is 355 g/mol. The zero-order valence-electron chi connectivity index (χ0n) is 14.0. The molecule has 2 aromatic rings. The topological polar surface area (TPSA) is 61.4 Å². The largest absolute Gasteiger partial charge is 0.349 e. The molecule has 4 rings (SSSR count). The predicted octanol–water partition coefficient (Wildman–Crippen LogP) is 2.64. The number of benzene rings is 1. The predicted molar refractivity (Wildman–Crippen MR) is 98.9 cm³/mol. The van der Waals surface area contributed by atoms with Crippen LogP contribution in [-0.2, 0) is 17.8 Å². The highest BCUT2D eigenvalue weighted by molar-refractivity contribution is 7.10. The van der Waals surface area contributed by atoms with Crippen molar-refractivity contribution in [3.05, 3.63) is 51.7 Å². The highest BCUT2D eigenvalue weighted by atomic mass is 32.1. The number of fused-ring (bicyclic) bond motifs is 1. The van der Waals surface area contributed by atoms with Crippen molar-refractivity contribution < 1.29 is 9.59 Å². The molecule has 1 aromatic heterocycles. The van der Waals surface area contributed by atoms with Crippen molar-refractivity contribution in [2.75, 3.05) is 18.4 Å². The first-order valence-electron chi connectivity index (χ1n) is 8.66. The zero-order chi connectivity index (χ0) is 17.2. The number of amides is 2. The number of anilines is 1. The Bertz CT molecular complexity index is 797. The number of thiophene rings is 1. The summed E-state index contributed by atoms with van der Waals surface area (Å²) in [6, 6.07) is 9.60. The Balaban J connectivity index is 1.34. The van der Waals surface area contributed by atoms with Crippen LogP contribution in [0.3, 0.4) is 0 Å². The number of nitrogens with zero attached hydrogens (tertiary/aromatic N) is 1. The molecule has 0 atom stereocenters. The van der Waals surface area contributed by atoms with Gasteiger partial charge in [0.2, 0.25) is 5.91 Å². The average Bonchev–Trinajstić information content (AvgIpc) is 3.29. The van der Waals surface area contributed by atoms with E-state index >= 15 is 0 Å². The maximum absolute atomic E-state index is 12.3. The van der Waals surface area contributed by atoms with E-state index in [4.69, 9.17) is 0 Å². The lowest BCUT2D eigenvalue weighted by atomic mass is 10.1. The van der Waals surface area contributed by atoms with Crippen LogP contribution in [-0.4, -0.2) is 35.8 Å². The van der Waals surface area contributed by atoms with Crippen LogP contribution in [0.1, 0.15) is 33.6 Å². The molecular formula is C19H21N3O2S. The molecule has 6 heteroatoms. The Kier molecular flexibility index (Phi) is 4.55. The van der Waals surface area contributed by atoms with Crippen molar-refractivity contribution >= 4 is 28.8 Å². The van der Waals surface area contributed by atoms with Gasteiger partial charge in [0.05, 0.1) is 6.54 Å². The summed E-state index contributed by atoms with van der Waals surface area (Å²) in [7, 11) is 0. The molecule has 0 spiro atoms. The molecule has 1 aromatic carbocycles. The van der Waals surface area contributed by atoms with Gasteiger partial charge in [-0.05, 0) is 54.5 Å². The highest BCUT2D eigenvalue weighted by Crippen LogP contribution is 2.24. The smallest absolute Gasteiger partial charge is 0.251 e. The number of carbonyl (C=O) groups excluding carboxylic acids is 2. The first kappa shape index (κ1) is 16.3. The van der Waals surface area contributed by atoms with Gasteiger partial charge in [0.25, 0.3) is 5.91 Å². The van der Waals surface area contributed by atoms with Gasteiger partial charge >= 0.3 is 0 Å². The van der Waals surface area contributed by atoms with E-state index in [0.29, 0.717) is 23.8 Å². The molecule has 0 radical (unpaired) electrons. The Morgan fingerprint density at radius 2 is 2.12 bits per heavy atom. The van der Waals surface area contributed by atoms with E-state index in [1.165, 1.54) is 10.4 Å². The minimum Gasteiger partial charge on any atom is -0.349 e. The monoisotopic (exact) mass is 355 g/mol. The Hall–Kier alpha value is -2.18. The van der Waals surface area contributed by atoms with E-state index < -0.39 is 0 Å². The van der Waals surface area contributed by atoms with Gasteiger partial charge in [-0.3, -0.25) is 14.5 Å². The van der Waals surface area contributed by atoms with Crippen molar-refractivity contribution in [1.29, 1.82) is 0 Å². The number of rotatable bonds is 5. The second-order valence-electron chi connectivity index (χ2n) is 6.71. The summed E-state index contributed by atoms with van der Waals surface area (Å²) in [5, 5.41) is 8.00. The summed E-state index contributed by atoms with van der Waals surface area (Å²) >= 11 is 1.80. The van der Waals surface area contributed by atoms with Gasteiger partial charge in [0.15, 0.2) is 0 Å². The summed E-state index contributed by atoms with van der Waals surface area (Å²) in [5.74, 6) is -0.113. The van der Waals surface area contributed by atoms with Gasteiger partial charge in [-0.2, -0.15) is 0 Å². The molecule has 2 N–H and O–H groups in total. The standard InChI is InChI=1S/C19H21N3O2S/c23-18(12-22-8-6-17-14(11-22)7-9-25-17)20-16-3-1-2-13(10-16)19(24)21-15-4-5-15/h1-3,7,9-10,15H,4-6,8,11-12H2,(H,20,23)(H,21,24). The van der Waals surface area contributed by atoms with Crippen LogP contribution in [0, 0.1) is 0 Å². The SMILES string of the molecule is O=C(CN1CCc2sccc2C1)Nc1cccc(C(=O)NC2CC2)c1. The van der Waals surface area contributed by atoms with Crippen molar-refractivity contribution in [2.45, 2.75) is 31.8 Å². The Morgan fingerprint density at radius 3 is 2.96 bits per heavy atom. The van der Waals surface area contributed by atoms with Gasteiger partial charge in [0, 0.05) is 35.3 Å². The van der Waals surface area contributed by atoms with Gasteiger partial charge in [-0.15, -0.1) is 11.3 Å². The van der Waals surface area contributed by atoms with Crippen LogP contribution in [0.5, 0.6) is 0 Å². The maximum Gasteiger partial charge on any atom is 0.251 e. The van der Waals surface area contributed by atoms with E-state index in [-0.39, 0.29) is 11.8 Å².